The van der Waals surface area contributed by atoms with Crippen LogP contribution in [0.25, 0.3) is 0 Å². The van der Waals surface area contributed by atoms with Crippen LogP contribution in [-0.2, 0) is 0 Å². The highest BCUT2D eigenvalue weighted by Gasteiger charge is 2.67. The van der Waals surface area contributed by atoms with E-state index in [-0.39, 0.29) is 0 Å². The molecule has 3 heteroatoms. The van der Waals surface area contributed by atoms with Gasteiger partial charge in [-0.1, -0.05) is 20.8 Å². The van der Waals surface area contributed by atoms with Crippen LogP contribution >= 0.6 is 0 Å². The summed E-state index contributed by atoms with van der Waals surface area (Å²) < 4.78 is 0. The van der Waals surface area contributed by atoms with Crippen LogP contribution in [0.4, 0.5) is 0 Å². The van der Waals surface area contributed by atoms with Gasteiger partial charge in [0.15, 0.2) is 5.96 Å². The summed E-state index contributed by atoms with van der Waals surface area (Å²) >= 11 is 0. The van der Waals surface area contributed by atoms with Gasteiger partial charge in [-0.05, 0) is 29.6 Å². The Labute approximate surface area is 85.2 Å². The van der Waals surface area contributed by atoms with Gasteiger partial charge >= 0.3 is 0 Å². The lowest BCUT2D eigenvalue weighted by molar-refractivity contribution is 0.137. The minimum Gasteiger partial charge on any atom is -0.370 e. The van der Waals surface area contributed by atoms with Gasteiger partial charge in [0.05, 0.1) is 12.1 Å². The van der Waals surface area contributed by atoms with Crippen LogP contribution in [-0.4, -0.2) is 18.0 Å². The van der Waals surface area contributed by atoms with E-state index in [0.717, 1.165) is 5.92 Å². The van der Waals surface area contributed by atoms with Gasteiger partial charge in [-0.3, -0.25) is 0 Å². The lowest BCUT2D eigenvalue weighted by Crippen LogP contribution is -2.43. The van der Waals surface area contributed by atoms with E-state index in [2.05, 4.69) is 31.1 Å². The van der Waals surface area contributed by atoms with Crippen LogP contribution < -0.4 is 11.1 Å². The van der Waals surface area contributed by atoms with Gasteiger partial charge in [-0.2, -0.15) is 0 Å². The Morgan fingerprint density at radius 3 is 2.79 bits per heavy atom. The van der Waals surface area contributed by atoms with E-state index < -0.39 is 0 Å². The molecule has 0 amide bonds. The van der Waals surface area contributed by atoms with Crippen molar-refractivity contribution in [3.05, 3.63) is 0 Å². The van der Waals surface area contributed by atoms with Crippen LogP contribution in [0.15, 0.2) is 4.99 Å². The first-order valence-electron chi connectivity index (χ1n) is 5.56. The van der Waals surface area contributed by atoms with Gasteiger partial charge < -0.3 is 11.1 Å². The van der Waals surface area contributed by atoms with E-state index in [1.807, 2.05) is 0 Å². The molecule has 2 fully saturated rings. The summed E-state index contributed by atoms with van der Waals surface area (Å²) in [4.78, 5) is 4.58. The summed E-state index contributed by atoms with van der Waals surface area (Å²) in [5.74, 6) is 1.41. The van der Waals surface area contributed by atoms with Crippen molar-refractivity contribution in [3.8, 4) is 0 Å². The molecular formula is C11H19N3. The predicted octanol–water partition coefficient (Wildman–Crippen LogP) is 1.10. The van der Waals surface area contributed by atoms with Crippen molar-refractivity contribution in [2.24, 2.45) is 27.5 Å². The normalized spacial score (nSPS) is 52.8. The zero-order valence-corrected chi connectivity index (χ0v) is 9.17. The van der Waals surface area contributed by atoms with Crippen LogP contribution in [0, 0.1) is 16.7 Å². The fourth-order valence-electron chi connectivity index (χ4n) is 4.10. The third-order valence-electron chi connectivity index (χ3n) is 5.39. The van der Waals surface area contributed by atoms with Crippen LogP contribution in [0.2, 0.25) is 0 Å². The second-order valence-corrected chi connectivity index (χ2v) is 5.91. The first kappa shape index (κ1) is 8.57. The van der Waals surface area contributed by atoms with Gasteiger partial charge in [0.25, 0.3) is 0 Å². The monoisotopic (exact) mass is 193 g/mol. The fourth-order valence-corrected chi connectivity index (χ4v) is 4.10. The Bertz CT molecular complexity index is 320. The summed E-state index contributed by atoms with van der Waals surface area (Å²) in [7, 11) is 0. The van der Waals surface area contributed by atoms with Crippen LogP contribution in [0.5, 0.6) is 0 Å². The van der Waals surface area contributed by atoms with Crippen molar-refractivity contribution in [1.29, 1.82) is 0 Å². The second kappa shape index (κ2) is 2.10. The van der Waals surface area contributed by atoms with E-state index in [4.69, 9.17) is 5.73 Å². The maximum absolute atomic E-state index is 5.76. The van der Waals surface area contributed by atoms with E-state index in [0.29, 0.717) is 28.9 Å². The average Bonchev–Trinajstić information content (AvgIpc) is 2.59. The molecule has 4 unspecified atom stereocenters. The summed E-state index contributed by atoms with van der Waals surface area (Å²) in [6.07, 6.45) is 2.64. The first-order chi connectivity index (χ1) is 6.47. The summed E-state index contributed by atoms with van der Waals surface area (Å²) in [6, 6.07) is 0.944. The standard InChI is InChI=1S/C11H19N3/c1-10(2)6-4-5-11(10,3)8-7(6)13-9(12)14-8/h6-8H,4-5H2,1-3H3,(H3,12,13,14). The number of nitrogens with zero attached hydrogens (tertiary/aromatic N) is 1. The molecule has 1 aliphatic heterocycles. The predicted molar refractivity (Wildman–Crippen MR) is 56.9 cm³/mol. The molecule has 3 aliphatic rings. The van der Waals surface area contributed by atoms with E-state index in [1.54, 1.807) is 0 Å². The number of aliphatic imine (C=N–C) groups is 1. The molecule has 78 valence electrons. The Balaban J connectivity index is 2.09. The minimum atomic E-state index is 0.358. The number of guanidine groups is 1. The molecule has 0 spiro atoms. The summed E-state index contributed by atoms with van der Waals surface area (Å²) in [6.45, 7) is 7.19. The molecule has 3 rings (SSSR count). The SMILES string of the molecule is CC1(C)C2CCC1(C)C1N=C(N)NC21. The zero-order chi connectivity index (χ0) is 10.1. The average molecular weight is 193 g/mol. The number of fused-ring (bicyclic) bond motifs is 5. The summed E-state index contributed by atoms with van der Waals surface area (Å²) in [5.41, 5.74) is 6.54. The highest BCUT2D eigenvalue weighted by molar-refractivity contribution is 5.81. The highest BCUT2D eigenvalue weighted by atomic mass is 15.2. The number of nitrogens with two attached hydrogens (primary N) is 1. The largest absolute Gasteiger partial charge is 0.370 e. The molecule has 1 heterocycles. The van der Waals surface area contributed by atoms with Gasteiger partial charge in [0.2, 0.25) is 0 Å². The Morgan fingerprint density at radius 2 is 2.14 bits per heavy atom. The molecule has 4 atom stereocenters. The van der Waals surface area contributed by atoms with Crippen LogP contribution in [0.1, 0.15) is 33.6 Å². The zero-order valence-electron chi connectivity index (χ0n) is 9.17. The molecule has 0 aromatic heterocycles. The number of nitrogens with one attached hydrogen (secondary N) is 1. The number of hydrogen-bond acceptors (Lipinski definition) is 3. The molecule has 3 N–H and O–H groups in total. The first-order valence-corrected chi connectivity index (χ1v) is 5.56. The molecule has 14 heavy (non-hydrogen) atoms. The maximum atomic E-state index is 5.76. The van der Waals surface area contributed by atoms with Gasteiger partial charge in [0.1, 0.15) is 0 Å². The maximum Gasteiger partial charge on any atom is 0.189 e. The molecule has 0 radical (unpaired) electrons. The van der Waals surface area contributed by atoms with Crippen molar-refractivity contribution in [2.45, 2.75) is 45.7 Å². The van der Waals surface area contributed by atoms with E-state index in [1.165, 1.54) is 12.8 Å². The summed E-state index contributed by atoms with van der Waals surface area (Å²) in [5, 5.41) is 3.36. The third-order valence-corrected chi connectivity index (χ3v) is 5.39. The Morgan fingerprint density at radius 1 is 1.43 bits per heavy atom. The quantitative estimate of drug-likeness (QED) is 0.605. The third kappa shape index (κ3) is 0.665. The topological polar surface area (TPSA) is 50.4 Å². The molecule has 0 saturated heterocycles. The van der Waals surface area contributed by atoms with Crippen molar-refractivity contribution in [1.82, 2.24) is 5.32 Å². The number of hydrogen-bond donors (Lipinski definition) is 2. The van der Waals surface area contributed by atoms with E-state index in [9.17, 15) is 0 Å². The Hall–Kier alpha value is -0.730. The molecule has 2 saturated carbocycles. The molecule has 0 aromatic carbocycles. The molecule has 3 nitrogen and oxygen atoms in total. The molecular weight excluding hydrogens is 174 g/mol. The van der Waals surface area contributed by atoms with Crippen molar-refractivity contribution in [2.75, 3.05) is 0 Å². The lowest BCUT2D eigenvalue weighted by atomic mass is 9.69. The molecule has 2 aliphatic carbocycles. The number of rotatable bonds is 0. The van der Waals surface area contributed by atoms with Crippen molar-refractivity contribution < 1.29 is 0 Å². The second-order valence-electron chi connectivity index (χ2n) is 5.91. The lowest BCUT2D eigenvalue weighted by Gasteiger charge is -2.36. The Kier molecular flexibility index (Phi) is 1.28. The highest BCUT2D eigenvalue weighted by Crippen LogP contribution is 2.66. The van der Waals surface area contributed by atoms with E-state index >= 15 is 0 Å². The fraction of sp³-hybridized carbons (Fsp3) is 0.909. The molecule has 0 aromatic rings. The molecule has 2 bridgehead atoms. The van der Waals surface area contributed by atoms with Gasteiger partial charge in [-0.15, -0.1) is 0 Å². The van der Waals surface area contributed by atoms with Crippen molar-refractivity contribution >= 4 is 5.96 Å². The van der Waals surface area contributed by atoms with Crippen LogP contribution in [0.3, 0.4) is 0 Å². The smallest absolute Gasteiger partial charge is 0.189 e. The van der Waals surface area contributed by atoms with Crippen molar-refractivity contribution in [3.63, 3.8) is 0 Å². The van der Waals surface area contributed by atoms with Gasteiger partial charge in [0, 0.05) is 0 Å². The van der Waals surface area contributed by atoms with Gasteiger partial charge in [-0.25, -0.2) is 4.99 Å². The minimum absolute atomic E-state index is 0.358.